The van der Waals surface area contributed by atoms with E-state index in [9.17, 15) is 4.79 Å². The van der Waals surface area contributed by atoms with Crippen molar-refractivity contribution in [2.75, 3.05) is 39.8 Å². The number of benzene rings is 1. The number of nitrogens with zero attached hydrogens (tertiary/aromatic N) is 2. The number of amides is 1. The van der Waals surface area contributed by atoms with Crippen LogP contribution in [0.15, 0.2) is 23.2 Å². The number of carbonyl (C=O) groups excluding carboxylic acids is 1. The Balaban J connectivity index is 0.00000420. The van der Waals surface area contributed by atoms with Gasteiger partial charge in [0.2, 0.25) is 5.91 Å². The van der Waals surface area contributed by atoms with E-state index in [-0.39, 0.29) is 24.0 Å². The molecule has 7 heteroatoms. The van der Waals surface area contributed by atoms with Gasteiger partial charge in [-0.2, -0.15) is 0 Å². The molecule has 1 aliphatic heterocycles. The summed E-state index contributed by atoms with van der Waals surface area (Å²) in [6.45, 7) is 8.20. The number of aliphatic imine (C=N–C) groups is 1. The highest BCUT2D eigenvalue weighted by molar-refractivity contribution is 14.0. The van der Waals surface area contributed by atoms with Crippen LogP contribution in [0, 0.1) is 6.92 Å². The molecule has 0 bridgehead atoms. The second-order valence-corrected chi connectivity index (χ2v) is 7.30. The van der Waals surface area contributed by atoms with E-state index in [1.807, 2.05) is 11.0 Å². The standard InChI is InChI=1S/C22H36N4O2.HI/c1-4-23-22(24-13-8-16-26-15-7-5-6-9-21(26)27)25-14-12-19-17-18(2)10-11-20(19)28-3;/h10-11,17H,4-9,12-16H2,1-3H3,(H2,23,24,25);1H. The second kappa shape index (κ2) is 14.5. The number of likely N-dealkylation sites (tertiary alicyclic amines) is 1. The molecule has 0 aromatic heterocycles. The van der Waals surface area contributed by atoms with Crippen LogP contribution in [0.3, 0.4) is 0 Å². The molecule has 0 spiro atoms. The number of methoxy groups -OCH3 is 1. The molecule has 164 valence electrons. The number of rotatable bonds is 9. The van der Waals surface area contributed by atoms with Crippen LogP contribution in [0.25, 0.3) is 0 Å². The molecule has 0 aliphatic carbocycles. The summed E-state index contributed by atoms with van der Waals surface area (Å²) in [4.78, 5) is 18.7. The third kappa shape index (κ3) is 9.23. The quantitative estimate of drug-likeness (QED) is 0.228. The summed E-state index contributed by atoms with van der Waals surface area (Å²) in [6.07, 6.45) is 5.80. The molecule has 2 N–H and O–H groups in total. The first-order valence-electron chi connectivity index (χ1n) is 10.6. The van der Waals surface area contributed by atoms with E-state index in [0.717, 1.165) is 63.6 Å². The number of ether oxygens (including phenoxy) is 1. The van der Waals surface area contributed by atoms with Gasteiger partial charge in [0.15, 0.2) is 5.96 Å². The van der Waals surface area contributed by atoms with Crippen LogP contribution in [-0.4, -0.2) is 56.6 Å². The summed E-state index contributed by atoms with van der Waals surface area (Å²) in [5, 5.41) is 6.69. The zero-order valence-electron chi connectivity index (χ0n) is 18.1. The second-order valence-electron chi connectivity index (χ2n) is 7.30. The largest absolute Gasteiger partial charge is 0.496 e. The van der Waals surface area contributed by atoms with Gasteiger partial charge < -0.3 is 20.3 Å². The molecular formula is C22H37IN4O2. The summed E-state index contributed by atoms with van der Waals surface area (Å²) in [6, 6.07) is 6.26. The normalized spacial score (nSPS) is 14.8. The molecule has 0 radical (unpaired) electrons. The molecule has 1 aliphatic rings. The SMILES string of the molecule is CCNC(=NCCCN1CCCCCC1=O)NCCc1cc(C)ccc1OC.I. The first-order chi connectivity index (χ1) is 13.6. The fraction of sp³-hybridized carbons (Fsp3) is 0.636. The summed E-state index contributed by atoms with van der Waals surface area (Å²) in [5.41, 5.74) is 2.44. The van der Waals surface area contributed by atoms with Crippen LogP contribution < -0.4 is 15.4 Å². The Morgan fingerprint density at radius 1 is 1.24 bits per heavy atom. The minimum atomic E-state index is 0. The van der Waals surface area contributed by atoms with Gasteiger partial charge in [-0.3, -0.25) is 9.79 Å². The molecule has 1 aromatic carbocycles. The van der Waals surface area contributed by atoms with Gasteiger partial charge >= 0.3 is 0 Å². The Bertz CT molecular complexity index is 652. The maximum absolute atomic E-state index is 12.1. The van der Waals surface area contributed by atoms with Gasteiger partial charge in [0.05, 0.1) is 7.11 Å². The zero-order valence-corrected chi connectivity index (χ0v) is 20.5. The third-order valence-electron chi connectivity index (χ3n) is 4.99. The number of hydrogen-bond donors (Lipinski definition) is 2. The van der Waals surface area contributed by atoms with Gasteiger partial charge in [-0.15, -0.1) is 24.0 Å². The summed E-state index contributed by atoms with van der Waals surface area (Å²) in [5.74, 6) is 2.06. The lowest BCUT2D eigenvalue weighted by Crippen LogP contribution is -2.38. The minimum absolute atomic E-state index is 0. The number of hydrogen-bond acceptors (Lipinski definition) is 3. The molecular weight excluding hydrogens is 479 g/mol. The number of aryl methyl sites for hydroxylation is 1. The third-order valence-corrected chi connectivity index (χ3v) is 4.99. The molecule has 6 nitrogen and oxygen atoms in total. The average molecular weight is 516 g/mol. The topological polar surface area (TPSA) is 66.0 Å². The van der Waals surface area contributed by atoms with E-state index in [2.05, 4.69) is 41.6 Å². The van der Waals surface area contributed by atoms with Crippen LogP contribution in [-0.2, 0) is 11.2 Å². The Morgan fingerprint density at radius 2 is 2.07 bits per heavy atom. The first kappa shape index (κ1) is 25.5. The number of nitrogens with one attached hydrogen (secondary N) is 2. The van der Waals surface area contributed by atoms with E-state index in [4.69, 9.17) is 4.74 Å². The smallest absolute Gasteiger partial charge is 0.222 e. The molecule has 0 atom stereocenters. The lowest BCUT2D eigenvalue weighted by atomic mass is 10.1. The maximum Gasteiger partial charge on any atom is 0.222 e. The first-order valence-corrected chi connectivity index (χ1v) is 10.6. The van der Waals surface area contributed by atoms with Gasteiger partial charge in [0, 0.05) is 39.1 Å². The molecule has 0 unspecified atom stereocenters. The maximum atomic E-state index is 12.1. The highest BCUT2D eigenvalue weighted by atomic mass is 127. The molecule has 1 amide bonds. The van der Waals surface area contributed by atoms with Crippen molar-refractivity contribution in [1.82, 2.24) is 15.5 Å². The van der Waals surface area contributed by atoms with E-state index in [1.165, 1.54) is 17.5 Å². The number of carbonyl (C=O) groups is 1. The molecule has 2 rings (SSSR count). The lowest BCUT2D eigenvalue weighted by molar-refractivity contribution is -0.130. The molecule has 1 saturated heterocycles. The Labute approximate surface area is 192 Å². The highest BCUT2D eigenvalue weighted by Gasteiger charge is 2.15. The van der Waals surface area contributed by atoms with Gasteiger partial charge in [-0.05, 0) is 51.2 Å². The highest BCUT2D eigenvalue weighted by Crippen LogP contribution is 2.19. The van der Waals surface area contributed by atoms with Crippen LogP contribution in [0.2, 0.25) is 0 Å². The Kier molecular flexibility index (Phi) is 12.7. The van der Waals surface area contributed by atoms with Crippen molar-refractivity contribution in [1.29, 1.82) is 0 Å². The predicted molar refractivity (Wildman–Crippen MR) is 130 cm³/mol. The van der Waals surface area contributed by atoms with Crippen molar-refractivity contribution in [3.63, 3.8) is 0 Å². The minimum Gasteiger partial charge on any atom is -0.496 e. The summed E-state index contributed by atoms with van der Waals surface area (Å²) in [7, 11) is 1.71. The molecule has 1 fully saturated rings. The number of halogens is 1. The zero-order chi connectivity index (χ0) is 20.2. The van der Waals surface area contributed by atoms with Crippen molar-refractivity contribution in [2.24, 2.45) is 4.99 Å². The Morgan fingerprint density at radius 3 is 2.83 bits per heavy atom. The Hall–Kier alpha value is -1.51. The van der Waals surface area contributed by atoms with Gasteiger partial charge in [0.25, 0.3) is 0 Å². The van der Waals surface area contributed by atoms with E-state index in [0.29, 0.717) is 18.9 Å². The monoisotopic (exact) mass is 516 g/mol. The van der Waals surface area contributed by atoms with Gasteiger partial charge in [-0.1, -0.05) is 24.1 Å². The predicted octanol–water partition coefficient (Wildman–Crippen LogP) is 3.51. The summed E-state index contributed by atoms with van der Waals surface area (Å²) < 4.78 is 5.45. The average Bonchev–Trinajstić information content (AvgIpc) is 2.89. The molecule has 29 heavy (non-hydrogen) atoms. The van der Waals surface area contributed by atoms with Crippen LogP contribution in [0.1, 0.15) is 50.2 Å². The van der Waals surface area contributed by atoms with E-state index >= 15 is 0 Å². The van der Waals surface area contributed by atoms with Gasteiger partial charge in [0.1, 0.15) is 5.75 Å². The van der Waals surface area contributed by atoms with Crippen molar-refractivity contribution in [3.05, 3.63) is 29.3 Å². The van der Waals surface area contributed by atoms with Crippen LogP contribution in [0.4, 0.5) is 0 Å². The molecule has 1 heterocycles. The fourth-order valence-electron chi connectivity index (χ4n) is 3.49. The van der Waals surface area contributed by atoms with Crippen LogP contribution >= 0.6 is 24.0 Å². The van der Waals surface area contributed by atoms with Crippen molar-refractivity contribution in [3.8, 4) is 5.75 Å². The summed E-state index contributed by atoms with van der Waals surface area (Å²) >= 11 is 0. The molecule has 1 aromatic rings. The fourth-order valence-corrected chi connectivity index (χ4v) is 3.49. The van der Waals surface area contributed by atoms with E-state index in [1.54, 1.807) is 7.11 Å². The van der Waals surface area contributed by atoms with Crippen molar-refractivity contribution >= 4 is 35.8 Å². The van der Waals surface area contributed by atoms with Crippen molar-refractivity contribution < 1.29 is 9.53 Å². The number of guanidine groups is 1. The van der Waals surface area contributed by atoms with Crippen molar-refractivity contribution in [2.45, 2.75) is 52.4 Å². The van der Waals surface area contributed by atoms with Crippen LogP contribution in [0.5, 0.6) is 5.75 Å². The molecule has 0 saturated carbocycles. The lowest BCUT2D eigenvalue weighted by Gasteiger charge is -2.20. The van der Waals surface area contributed by atoms with Gasteiger partial charge in [-0.25, -0.2) is 0 Å². The van der Waals surface area contributed by atoms with E-state index < -0.39 is 0 Å².